The van der Waals surface area contributed by atoms with Gasteiger partial charge < -0.3 is 19.9 Å². The summed E-state index contributed by atoms with van der Waals surface area (Å²) in [5.74, 6) is -0.687. The van der Waals surface area contributed by atoms with Gasteiger partial charge >= 0.3 is 5.97 Å². The molecule has 1 amide bonds. The van der Waals surface area contributed by atoms with Gasteiger partial charge in [-0.15, -0.1) is 0 Å². The van der Waals surface area contributed by atoms with E-state index in [4.69, 9.17) is 14.6 Å². The molecule has 0 aliphatic heterocycles. The van der Waals surface area contributed by atoms with Gasteiger partial charge in [0.1, 0.15) is 11.6 Å². The molecule has 0 heterocycles. The molecule has 0 unspecified atom stereocenters. The first-order chi connectivity index (χ1) is 13.4. The van der Waals surface area contributed by atoms with Crippen LogP contribution >= 0.6 is 15.9 Å². The maximum absolute atomic E-state index is 12.4. The van der Waals surface area contributed by atoms with Crippen LogP contribution < -0.4 is 14.8 Å². The van der Waals surface area contributed by atoms with Crippen LogP contribution in [0, 0.1) is 11.3 Å². The number of amides is 1. The van der Waals surface area contributed by atoms with Crippen LogP contribution in [0.1, 0.15) is 22.8 Å². The van der Waals surface area contributed by atoms with E-state index in [1.807, 2.05) is 13.0 Å². The lowest BCUT2D eigenvalue weighted by molar-refractivity contribution is -0.112. The number of rotatable bonds is 7. The molecule has 28 heavy (non-hydrogen) atoms. The monoisotopic (exact) mass is 444 g/mol. The van der Waals surface area contributed by atoms with Crippen LogP contribution in [-0.4, -0.2) is 30.7 Å². The van der Waals surface area contributed by atoms with Crippen LogP contribution in [0.4, 0.5) is 5.69 Å². The summed E-state index contributed by atoms with van der Waals surface area (Å²) >= 11 is 3.40. The fourth-order valence-corrected chi connectivity index (χ4v) is 2.89. The van der Waals surface area contributed by atoms with E-state index in [0.717, 1.165) is 0 Å². The number of anilines is 1. The van der Waals surface area contributed by atoms with Crippen LogP contribution in [0.25, 0.3) is 6.08 Å². The maximum Gasteiger partial charge on any atom is 0.335 e. The minimum atomic E-state index is -1.06. The van der Waals surface area contributed by atoms with E-state index in [2.05, 4.69) is 21.2 Å². The Bertz CT molecular complexity index is 962. The Morgan fingerprint density at radius 3 is 2.50 bits per heavy atom. The van der Waals surface area contributed by atoms with Crippen LogP contribution in [-0.2, 0) is 4.79 Å². The molecule has 0 radical (unpaired) electrons. The van der Waals surface area contributed by atoms with Crippen molar-refractivity contribution in [1.29, 1.82) is 5.26 Å². The molecular weight excluding hydrogens is 428 g/mol. The first-order valence-electron chi connectivity index (χ1n) is 8.16. The lowest BCUT2D eigenvalue weighted by Gasteiger charge is -2.12. The Morgan fingerprint density at radius 2 is 1.96 bits per heavy atom. The molecule has 0 spiro atoms. The van der Waals surface area contributed by atoms with E-state index in [-0.39, 0.29) is 11.1 Å². The lowest BCUT2D eigenvalue weighted by Crippen LogP contribution is -2.13. The molecule has 0 aliphatic carbocycles. The third-order valence-electron chi connectivity index (χ3n) is 3.61. The van der Waals surface area contributed by atoms with Crippen molar-refractivity contribution in [3.8, 4) is 17.6 Å². The van der Waals surface area contributed by atoms with Gasteiger partial charge in [-0.2, -0.15) is 5.26 Å². The van der Waals surface area contributed by atoms with Crippen molar-refractivity contribution in [3.63, 3.8) is 0 Å². The van der Waals surface area contributed by atoms with Gasteiger partial charge in [-0.3, -0.25) is 4.79 Å². The molecule has 0 bridgehead atoms. The predicted octanol–water partition coefficient (Wildman–Crippen LogP) is 4.10. The summed E-state index contributed by atoms with van der Waals surface area (Å²) in [6.45, 7) is 2.30. The molecule has 0 saturated carbocycles. The fraction of sp³-hybridized carbons (Fsp3) is 0.150. The minimum Gasteiger partial charge on any atom is -0.493 e. The lowest BCUT2D eigenvalue weighted by atomic mass is 10.1. The molecular formula is C20H17BrN2O5. The van der Waals surface area contributed by atoms with E-state index < -0.39 is 11.9 Å². The second-order valence-electron chi connectivity index (χ2n) is 5.47. The summed E-state index contributed by atoms with van der Waals surface area (Å²) in [6.07, 6.45) is 1.42. The molecule has 2 rings (SSSR count). The maximum atomic E-state index is 12.4. The van der Waals surface area contributed by atoms with E-state index in [0.29, 0.717) is 33.8 Å². The number of carboxylic acids is 1. The molecule has 0 fully saturated rings. The van der Waals surface area contributed by atoms with E-state index in [1.54, 1.807) is 12.1 Å². The van der Waals surface area contributed by atoms with Gasteiger partial charge in [-0.05, 0) is 70.9 Å². The van der Waals surface area contributed by atoms with E-state index in [1.165, 1.54) is 37.5 Å². The van der Waals surface area contributed by atoms with Crippen molar-refractivity contribution in [1.82, 2.24) is 0 Å². The average molecular weight is 445 g/mol. The van der Waals surface area contributed by atoms with Gasteiger partial charge in [-0.25, -0.2) is 4.79 Å². The summed E-state index contributed by atoms with van der Waals surface area (Å²) in [5.41, 5.74) is 0.919. The Labute approximate surface area is 170 Å². The number of methoxy groups -OCH3 is 1. The molecule has 0 aromatic heterocycles. The number of aromatic carboxylic acids is 1. The predicted molar refractivity (Wildman–Crippen MR) is 107 cm³/mol. The first-order valence-corrected chi connectivity index (χ1v) is 8.95. The third-order valence-corrected chi connectivity index (χ3v) is 4.20. The zero-order valence-electron chi connectivity index (χ0n) is 15.2. The Hall–Kier alpha value is -3.31. The topological polar surface area (TPSA) is 109 Å². The third kappa shape index (κ3) is 5.11. The molecule has 0 atom stereocenters. The SMILES string of the molecule is CCOc1c(Br)cc(/C=C(\C#N)C(=O)Nc2ccc(C(=O)O)cc2)cc1OC. The molecule has 2 aromatic carbocycles. The van der Waals surface area contributed by atoms with Crippen molar-refractivity contribution in [2.45, 2.75) is 6.92 Å². The molecule has 144 valence electrons. The van der Waals surface area contributed by atoms with E-state index >= 15 is 0 Å². The number of carbonyl (C=O) groups excluding carboxylic acids is 1. The van der Waals surface area contributed by atoms with Crippen LogP contribution in [0.3, 0.4) is 0 Å². The number of carboxylic acid groups (broad SMARTS) is 1. The fourth-order valence-electron chi connectivity index (χ4n) is 2.32. The van der Waals surface area contributed by atoms with Gasteiger partial charge in [0.15, 0.2) is 11.5 Å². The number of hydrogen-bond donors (Lipinski definition) is 2. The zero-order valence-corrected chi connectivity index (χ0v) is 16.7. The van der Waals surface area contributed by atoms with Crippen molar-refractivity contribution >= 4 is 39.6 Å². The summed E-state index contributed by atoms with van der Waals surface area (Å²) < 4.78 is 11.5. The molecule has 2 aromatic rings. The second-order valence-corrected chi connectivity index (χ2v) is 6.33. The number of nitriles is 1. The molecule has 7 nitrogen and oxygen atoms in total. The summed E-state index contributed by atoms with van der Waals surface area (Å²) in [7, 11) is 1.50. The van der Waals surface area contributed by atoms with Crippen molar-refractivity contribution in [2.24, 2.45) is 0 Å². The number of nitrogens with zero attached hydrogens (tertiary/aromatic N) is 1. The molecule has 0 saturated heterocycles. The highest BCUT2D eigenvalue weighted by atomic mass is 79.9. The zero-order chi connectivity index (χ0) is 20.7. The molecule has 2 N–H and O–H groups in total. The summed E-state index contributed by atoms with van der Waals surface area (Å²) in [5, 5.41) is 20.8. The Kier molecular flexibility index (Phi) is 7.18. The number of ether oxygens (including phenoxy) is 2. The van der Waals surface area contributed by atoms with Gasteiger partial charge in [-0.1, -0.05) is 0 Å². The normalized spacial score (nSPS) is 10.7. The Morgan fingerprint density at radius 1 is 1.29 bits per heavy atom. The highest BCUT2D eigenvalue weighted by Crippen LogP contribution is 2.37. The van der Waals surface area contributed by atoms with Gasteiger partial charge in [0.05, 0.1) is 23.8 Å². The molecule has 8 heteroatoms. The first kappa shape index (κ1) is 21.0. The number of carbonyl (C=O) groups is 2. The largest absolute Gasteiger partial charge is 0.493 e. The van der Waals surface area contributed by atoms with Crippen LogP contribution in [0.5, 0.6) is 11.5 Å². The van der Waals surface area contributed by atoms with E-state index in [9.17, 15) is 14.9 Å². The van der Waals surface area contributed by atoms with Crippen LogP contribution in [0.2, 0.25) is 0 Å². The van der Waals surface area contributed by atoms with Gasteiger partial charge in [0.2, 0.25) is 0 Å². The van der Waals surface area contributed by atoms with Crippen molar-refractivity contribution in [2.75, 3.05) is 19.0 Å². The summed E-state index contributed by atoms with van der Waals surface area (Å²) in [4.78, 5) is 23.3. The van der Waals surface area contributed by atoms with Gasteiger partial charge in [0.25, 0.3) is 5.91 Å². The van der Waals surface area contributed by atoms with Crippen molar-refractivity contribution in [3.05, 3.63) is 57.6 Å². The summed E-state index contributed by atoms with van der Waals surface area (Å²) in [6, 6.07) is 10.9. The quantitative estimate of drug-likeness (QED) is 0.491. The number of hydrogen-bond acceptors (Lipinski definition) is 5. The number of halogens is 1. The Balaban J connectivity index is 2.27. The van der Waals surface area contributed by atoms with Crippen LogP contribution in [0.15, 0.2) is 46.4 Å². The van der Waals surface area contributed by atoms with Crippen molar-refractivity contribution < 1.29 is 24.2 Å². The minimum absolute atomic E-state index is 0.0976. The molecule has 0 aliphatic rings. The standard InChI is InChI=1S/C20H17BrN2O5/c1-3-28-18-16(21)9-12(10-17(18)27-2)8-14(11-22)19(24)23-15-6-4-13(5-7-15)20(25)26/h4-10H,3H2,1-2H3,(H,23,24)(H,25,26)/b14-8+. The number of nitrogens with one attached hydrogen (secondary N) is 1. The smallest absolute Gasteiger partial charge is 0.335 e. The average Bonchev–Trinajstić information content (AvgIpc) is 2.68. The number of benzene rings is 2. The second kappa shape index (κ2) is 9.58. The highest BCUT2D eigenvalue weighted by molar-refractivity contribution is 9.10. The highest BCUT2D eigenvalue weighted by Gasteiger charge is 2.14. The van der Waals surface area contributed by atoms with Gasteiger partial charge in [0, 0.05) is 5.69 Å².